The number of hydrogen-bond acceptors (Lipinski definition) is 0. The van der Waals surface area contributed by atoms with Crippen LogP contribution >= 0.6 is 0 Å². The maximum absolute atomic E-state index is 2.34. The van der Waals surface area contributed by atoms with Crippen LogP contribution in [0.2, 0.25) is 0 Å². The third-order valence-electron chi connectivity index (χ3n) is 6.76. The van der Waals surface area contributed by atoms with Gasteiger partial charge in [0.1, 0.15) is 0 Å². The summed E-state index contributed by atoms with van der Waals surface area (Å²) in [6.07, 6.45) is 0. The second kappa shape index (κ2) is 6.67. The molecule has 0 N–H and O–H groups in total. The molecule has 0 unspecified atom stereocenters. The normalized spacial score (nSPS) is 11.8. The van der Waals surface area contributed by atoms with E-state index in [9.17, 15) is 0 Å². The Labute approximate surface area is 186 Å². The van der Waals surface area contributed by atoms with Crippen LogP contribution in [-0.2, 0) is 0 Å². The quantitative estimate of drug-likeness (QED) is 0.189. The van der Waals surface area contributed by atoms with Crippen LogP contribution in [0.25, 0.3) is 65.0 Å². The summed E-state index contributed by atoms with van der Waals surface area (Å²) >= 11 is 0. The summed E-state index contributed by atoms with van der Waals surface area (Å²) in [5, 5.41) is 12.9. The summed E-state index contributed by atoms with van der Waals surface area (Å²) < 4.78 is 0. The van der Waals surface area contributed by atoms with Crippen molar-refractivity contribution in [1.82, 2.24) is 0 Å². The van der Waals surface area contributed by atoms with Crippen molar-refractivity contribution < 1.29 is 0 Å². The minimum atomic E-state index is 1.26. The minimum Gasteiger partial charge on any atom is -0.0616 e. The molecule has 148 valence electrons. The van der Waals surface area contributed by atoms with E-state index in [0.29, 0.717) is 0 Å². The van der Waals surface area contributed by atoms with Gasteiger partial charge in [-0.15, -0.1) is 0 Å². The molecular formula is C32H20. The lowest BCUT2D eigenvalue weighted by molar-refractivity contribution is 1.70. The van der Waals surface area contributed by atoms with E-state index in [0.717, 1.165) is 0 Å². The zero-order valence-corrected chi connectivity index (χ0v) is 17.5. The first kappa shape index (κ1) is 17.5. The predicted octanol–water partition coefficient (Wildman–Crippen LogP) is 9.12. The molecule has 0 fully saturated rings. The van der Waals surface area contributed by atoms with Crippen molar-refractivity contribution in [1.29, 1.82) is 0 Å². The highest BCUT2D eigenvalue weighted by molar-refractivity contribution is 6.13. The largest absolute Gasteiger partial charge is 0.0616 e. The van der Waals surface area contributed by atoms with Crippen LogP contribution in [0.5, 0.6) is 0 Å². The molecule has 0 bridgehead atoms. The Balaban J connectivity index is 1.47. The van der Waals surface area contributed by atoms with Crippen molar-refractivity contribution in [3.05, 3.63) is 121 Å². The van der Waals surface area contributed by atoms with Crippen molar-refractivity contribution in [3.63, 3.8) is 0 Å². The van der Waals surface area contributed by atoms with E-state index < -0.39 is 0 Å². The molecule has 0 aliphatic carbocycles. The number of benzene rings is 7. The van der Waals surface area contributed by atoms with Gasteiger partial charge in [0.05, 0.1) is 0 Å². The summed E-state index contributed by atoms with van der Waals surface area (Å²) in [6, 6.07) is 44.5. The van der Waals surface area contributed by atoms with E-state index in [1.54, 1.807) is 0 Å². The van der Waals surface area contributed by atoms with Crippen LogP contribution in [0.15, 0.2) is 121 Å². The van der Waals surface area contributed by atoms with Gasteiger partial charge in [0.25, 0.3) is 0 Å². The van der Waals surface area contributed by atoms with Gasteiger partial charge in [-0.2, -0.15) is 0 Å². The second-order valence-corrected chi connectivity index (χ2v) is 8.65. The lowest BCUT2D eigenvalue weighted by Gasteiger charge is -2.11. The molecule has 7 aromatic rings. The van der Waals surface area contributed by atoms with Gasteiger partial charge in [0, 0.05) is 0 Å². The van der Waals surface area contributed by atoms with Crippen molar-refractivity contribution in [2.24, 2.45) is 0 Å². The monoisotopic (exact) mass is 404 g/mol. The molecule has 0 amide bonds. The SMILES string of the molecule is c1ccc2cc3cc4cc(-c5cccc6c5ccc5ccccc56)ccc4cc3cc2c1. The molecule has 0 aliphatic heterocycles. The molecule has 0 radical (unpaired) electrons. The first-order valence-electron chi connectivity index (χ1n) is 11.1. The van der Waals surface area contributed by atoms with Gasteiger partial charge in [-0.1, -0.05) is 91.0 Å². The molecule has 0 saturated heterocycles. The molecule has 0 heteroatoms. The Morgan fingerprint density at radius 3 is 1.62 bits per heavy atom. The highest BCUT2D eigenvalue weighted by atomic mass is 14.1. The fourth-order valence-electron chi connectivity index (χ4n) is 5.15. The van der Waals surface area contributed by atoms with Gasteiger partial charge < -0.3 is 0 Å². The fourth-order valence-corrected chi connectivity index (χ4v) is 5.15. The molecule has 0 atom stereocenters. The van der Waals surface area contributed by atoms with Crippen molar-refractivity contribution in [2.45, 2.75) is 0 Å². The first-order chi connectivity index (χ1) is 15.8. The third-order valence-corrected chi connectivity index (χ3v) is 6.76. The molecule has 7 aromatic carbocycles. The van der Waals surface area contributed by atoms with Gasteiger partial charge in [-0.05, 0) is 95.3 Å². The summed E-state index contributed by atoms with van der Waals surface area (Å²) in [7, 11) is 0. The zero-order chi connectivity index (χ0) is 21.1. The van der Waals surface area contributed by atoms with Gasteiger partial charge in [-0.3, -0.25) is 0 Å². The fraction of sp³-hybridized carbons (Fsp3) is 0. The maximum Gasteiger partial charge on any atom is -0.00990 e. The molecule has 0 saturated carbocycles. The van der Waals surface area contributed by atoms with E-state index in [4.69, 9.17) is 0 Å². The third kappa shape index (κ3) is 2.63. The number of rotatable bonds is 1. The Hall–Kier alpha value is -4.16. The van der Waals surface area contributed by atoms with Crippen LogP contribution in [-0.4, -0.2) is 0 Å². The van der Waals surface area contributed by atoms with Crippen molar-refractivity contribution >= 4 is 53.9 Å². The van der Waals surface area contributed by atoms with Gasteiger partial charge in [0.2, 0.25) is 0 Å². The molecular weight excluding hydrogens is 384 g/mol. The minimum absolute atomic E-state index is 1.26. The zero-order valence-electron chi connectivity index (χ0n) is 17.5. The molecule has 7 rings (SSSR count). The molecule has 0 aliphatic rings. The summed E-state index contributed by atoms with van der Waals surface area (Å²) in [6.45, 7) is 0. The van der Waals surface area contributed by atoms with E-state index in [1.807, 2.05) is 0 Å². The molecule has 0 spiro atoms. The second-order valence-electron chi connectivity index (χ2n) is 8.65. The van der Waals surface area contributed by atoms with Crippen LogP contribution in [0.4, 0.5) is 0 Å². The van der Waals surface area contributed by atoms with Crippen molar-refractivity contribution in [2.75, 3.05) is 0 Å². The Bertz CT molecular complexity index is 1820. The lowest BCUT2D eigenvalue weighted by Crippen LogP contribution is -1.84. The van der Waals surface area contributed by atoms with E-state index in [1.165, 1.54) is 65.0 Å². The van der Waals surface area contributed by atoms with E-state index >= 15 is 0 Å². The van der Waals surface area contributed by atoms with Gasteiger partial charge in [-0.25, -0.2) is 0 Å². The van der Waals surface area contributed by atoms with Gasteiger partial charge in [0.15, 0.2) is 0 Å². The summed E-state index contributed by atoms with van der Waals surface area (Å²) in [5.41, 5.74) is 2.55. The Morgan fingerprint density at radius 2 is 0.844 bits per heavy atom. The average Bonchev–Trinajstić information content (AvgIpc) is 2.85. The first-order valence-corrected chi connectivity index (χ1v) is 11.1. The average molecular weight is 405 g/mol. The van der Waals surface area contributed by atoms with E-state index in [-0.39, 0.29) is 0 Å². The Morgan fingerprint density at radius 1 is 0.281 bits per heavy atom. The number of fused-ring (bicyclic) bond motifs is 6. The Kier molecular flexibility index (Phi) is 3.65. The lowest BCUT2D eigenvalue weighted by atomic mass is 9.93. The van der Waals surface area contributed by atoms with E-state index in [2.05, 4.69) is 121 Å². The molecule has 0 heterocycles. The van der Waals surface area contributed by atoms with Crippen LogP contribution < -0.4 is 0 Å². The van der Waals surface area contributed by atoms with Gasteiger partial charge >= 0.3 is 0 Å². The molecule has 32 heavy (non-hydrogen) atoms. The highest BCUT2D eigenvalue weighted by Crippen LogP contribution is 2.35. The molecule has 0 nitrogen and oxygen atoms in total. The highest BCUT2D eigenvalue weighted by Gasteiger charge is 2.08. The standard InChI is InChI=1S/C32H20/c1-2-8-23-17-28-20-26-19-25(13-12-24(26)18-27(28)16-22(23)7-1)30-10-5-11-31-29-9-4-3-6-21(29)14-15-32(30)31/h1-20H. The molecule has 0 aromatic heterocycles. The van der Waals surface area contributed by atoms with Crippen molar-refractivity contribution in [3.8, 4) is 11.1 Å². The van der Waals surface area contributed by atoms with Crippen LogP contribution in [0, 0.1) is 0 Å². The maximum atomic E-state index is 2.34. The topological polar surface area (TPSA) is 0 Å². The van der Waals surface area contributed by atoms with Crippen LogP contribution in [0.1, 0.15) is 0 Å². The summed E-state index contributed by atoms with van der Waals surface area (Å²) in [5.74, 6) is 0. The summed E-state index contributed by atoms with van der Waals surface area (Å²) in [4.78, 5) is 0. The predicted molar refractivity (Wildman–Crippen MR) is 139 cm³/mol. The smallest absolute Gasteiger partial charge is 0.00990 e. The number of hydrogen-bond donors (Lipinski definition) is 0. The van der Waals surface area contributed by atoms with Crippen LogP contribution in [0.3, 0.4) is 0 Å².